The highest BCUT2D eigenvalue weighted by molar-refractivity contribution is 7.47. The number of esters is 3. The first-order valence-corrected chi connectivity index (χ1v) is 25.7. The Kier molecular flexibility index (Phi) is 42.7. The Morgan fingerprint density at radius 1 is 0.468 bits per heavy atom. The number of allylic oxidation sites excluding steroid dienone is 9. The Bertz CT molecular complexity index is 1280. The number of phosphoric ester groups is 1. The van der Waals surface area contributed by atoms with Gasteiger partial charge >= 0.3 is 25.7 Å². The Labute approximate surface area is 376 Å². The van der Waals surface area contributed by atoms with Crippen molar-refractivity contribution < 1.29 is 52.2 Å². The van der Waals surface area contributed by atoms with E-state index in [2.05, 4.69) is 57.2 Å². The van der Waals surface area contributed by atoms with Crippen molar-refractivity contribution in [2.75, 3.05) is 26.4 Å². The molecule has 3 unspecified atom stereocenters. The number of ether oxygens (including phenoxy) is 3. The molecule has 0 amide bonds. The van der Waals surface area contributed by atoms with E-state index in [0.29, 0.717) is 19.3 Å². The molecule has 0 aromatic heterocycles. The van der Waals surface area contributed by atoms with Crippen molar-refractivity contribution in [3.63, 3.8) is 0 Å². The van der Waals surface area contributed by atoms with Gasteiger partial charge in [0, 0.05) is 12.8 Å². The summed E-state index contributed by atoms with van der Waals surface area (Å²) in [5, 5.41) is 9.73. The van der Waals surface area contributed by atoms with E-state index in [1.165, 1.54) is 77.0 Å². The number of unbranched alkanes of at least 4 members (excludes halogenated alkanes) is 18. The lowest BCUT2D eigenvalue weighted by atomic mass is 10.1. The van der Waals surface area contributed by atoms with E-state index in [-0.39, 0.29) is 25.9 Å². The summed E-state index contributed by atoms with van der Waals surface area (Å²) in [4.78, 5) is 48.0. The Balaban J connectivity index is 4.85. The van der Waals surface area contributed by atoms with Crippen molar-refractivity contribution in [3.8, 4) is 0 Å². The van der Waals surface area contributed by atoms with E-state index in [0.717, 1.165) is 64.2 Å². The van der Waals surface area contributed by atoms with E-state index in [1.54, 1.807) is 6.08 Å². The predicted molar refractivity (Wildman–Crippen MR) is 252 cm³/mol. The molecule has 0 saturated carbocycles. The summed E-state index contributed by atoms with van der Waals surface area (Å²) in [6.07, 6.45) is 45.2. The second-order valence-corrected chi connectivity index (χ2v) is 17.4. The molecule has 0 spiro atoms. The topological polar surface area (TPSA) is 155 Å². The third-order valence-corrected chi connectivity index (χ3v) is 10.9. The van der Waals surface area contributed by atoms with Crippen LogP contribution in [0.5, 0.6) is 0 Å². The number of aliphatic hydroxyl groups excluding tert-OH is 1. The van der Waals surface area contributed by atoms with Crippen LogP contribution in [0.4, 0.5) is 0 Å². The largest absolute Gasteiger partial charge is 0.472 e. The molecule has 0 bridgehead atoms. The van der Waals surface area contributed by atoms with E-state index in [4.69, 9.17) is 23.3 Å². The minimum Gasteiger partial charge on any atom is -0.462 e. The van der Waals surface area contributed by atoms with Crippen LogP contribution in [0.25, 0.3) is 0 Å². The molecule has 0 rings (SSSR count). The van der Waals surface area contributed by atoms with E-state index in [9.17, 15) is 28.9 Å². The van der Waals surface area contributed by atoms with Crippen LogP contribution in [0.3, 0.4) is 0 Å². The molecule has 0 saturated heterocycles. The van der Waals surface area contributed by atoms with Crippen molar-refractivity contribution in [1.29, 1.82) is 0 Å². The second kappa shape index (κ2) is 44.8. The molecule has 12 heteroatoms. The van der Waals surface area contributed by atoms with Gasteiger partial charge in [0.2, 0.25) is 0 Å². The molecular weight excluding hydrogens is 808 g/mol. The van der Waals surface area contributed by atoms with Crippen LogP contribution in [0.15, 0.2) is 60.8 Å². The minimum absolute atomic E-state index is 0.0631. The SMILES string of the molecule is CC/C=C\C/C=C\C/C=C\C/C=C\C/C=C\CC(=O)OC(COC(=O)CCCCCCCCCCC)COP(=O)(O)OCC(CO)OC(=O)CCCCCCCCCCCCC. The monoisotopic (exact) mass is 895 g/mol. The molecule has 11 nitrogen and oxygen atoms in total. The van der Waals surface area contributed by atoms with E-state index >= 15 is 0 Å². The van der Waals surface area contributed by atoms with Crippen LogP contribution in [0.2, 0.25) is 0 Å². The molecule has 0 radical (unpaired) electrons. The minimum atomic E-state index is -4.75. The van der Waals surface area contributed by atoms with Crippen molar-refractivity contribution in [3.05, 3.63) is 60.8 Å². The van der Waals surface area contributed by atoms with Crippen molar-refractivity contribution >= 4 is 25.7 Å². The van der Waals surface area contributed by atoms with Gasteiger partial charge in [0.05, 0.1) is 26.2 Å². The first-order valence-electron chi connectivity index (χ1n) is 24.2. The first kappa shape index (κ1) is 59.2. The summed E-state index contributed by atoms with van der Waals surface area (Å²) in [6, 6.07) is 0. The lowest BCUT2D eigenvalue weighted by molar-refractivity contribution is -0.160. The van der Waals surface area contributed by atoms with Gasteiger partial charge in [0.1, 0.15) is 12.7 Å². The molecule has 0 aromatic carbocycles. The number of carbonyl (C=O) groups is 3. The number of carbonyl (C=O) groups excluding carboxylic acids is 3. The quantitative estimate of drug-likeness (QED) is 0.0197. The molecule has 0 aliphatic heterocycles. The molecule has 0 fully saturated rings. The second-order valence-electron chi connectivity index (χ2n) is 15.9. The molecular formula is C50H87O11P. The van der Waals surface area contributed by atoms with Gasteiger partial charge in [0.15, 0.2) is 6.10 Å². The number of phosphoric acid groups is 1. The fraction of sp³-hybridized carbons (Fsp3) is 0.740. The average molecular weight is 895 g/mol. The van der Waals surface area contributed by atoms with E-state index in [1.807, 2.05) is 18.2 Å². The van der Waals surface area contributed by atoms with Crippen LogP contribution in [-0.4, -0.2) is 66.5 Å². The van der Waals surface area contributed by atoms with Gasteiger partial charge in [-0.3, -0.25) is 23.4 Å². The van der Waals surface area contributed by atoms with Gasteiger partial charge in [-0.25, -0.2) is 4.57 Å². The molecule has 0 aliphatic carbocycles. The number of hydrogen-bond donors (Lipinski definition) is 2. The molecule has 2 N–H and O–H groups in total. The molecule has 0 aliphatic rings. The maximum absolute atomic E-state index is 12.8. The summed E-state index contributed by atoms with van der Waals surface area (Å²) in [7, 11) is -4.75. The zero-order valence-electron chi connectivity index (χ0n) is 39.1. The molecule has 62 heavy (non-hydrogen) atoms. The summed E-state index contributed by atoms with van der Waals surface area (Å²) in [6.45, 7) is 4.36. The fourth-order valence-corrected chi connectivity index (χ4v) is 7.10. The van der Waals surface area contributed by atoms with Crippen molar-refractivity contribution in [1.82, 2.24) is 0 Å². The summed E-state index contributed by atoms with van der Waals surface area (Å²) in [5.41, 5.74) is 0. The third kappa shape index (κ3) is 42.5. The van der Waals surface area contributed by atoms with Gasteiger partial charge in [0.25, 0.3) is 0 Å². The van der Waals surface area contributed by atoms with Gasteiger partial charge in [-0.1, -0.05) is 197 Å². The van der Waals surface area contributed by atoms with E-state index < -0.39 is 57.8 Å². The van der Waals surface area contributed by atoms with Crippen LogP contribution < -0.4 is 0 Å². The Morgan fingerprint density at radius 2 is 0.839 bits per heavy atom. The van der Waals surface area contributed by atoms with Crippen LogP contribution >= 0.6 is 7.82 Å². The number of rotatable bonds is 44. The van der Waals surface area contributed by atoms with Gasteiger partial charge in [-0.05, 0) is 44.9 Å². The molecule has 3 atom stereocenters. The normalized spacial score (nSPS) is 14.1. The summed E-state index contributed by atoms with van der Waals surface area (Å²) >= 11 is 0. The number of aliphatic hydroxyl groups is 1. The zero-order chi connectivity index (χ0) is 45.6. The number of hydrogen-bond acceptors (Lipinski definition) is 10. The highest BCUT2D eigenvalue weighted by atomic mass is 31.2. The summed E-state index contributed by atoms with van der Waals surface area (Å²) < 4.78 is 39.0. The van der Waals surface area contributed by atoms with Crippen LogP contribution in [0.1, 0.15) is 201 Å². The lowest BCUT2D eigenvalue weighted by Crippen LogP contribution is -2.30. The molecule has 358 valence electrons. The Hall–Kier alpha value is -2.82. The average Bonchev–Trinajstić information content (AvgIpc) is 3.25. The third-order valence-electron chi connectivity index (χ3n) is 9.99. The first-order chi connectivity index (χ1) is 30.2. The van der Waals surface area contributed by atoms with Gasteiger partial charge in [-0.15, -0.1) is 0 Å². The van der Waals surface area contributed by atoms with Crippen molar-refractivity contribution in [2.45, 2.75) is 213 Å². The standard InChI is InChI=1S/C50H87O11P/c1-4-7-10-13-16-19-21-22-23-24-26-29-32-35-38-41-50(54)61-47(43-57-48(52)39-36-33-30-27-18-15-12-9-6-3)45-59-62(55,56)58-44-46(42-51)60-49(53)40-37-34-31-28-25-20-17-14-11-8-5-2/h7,10,16,19,22-23,26,29,35,38,46-47,51H,4-6,8-9,11-15,17-18,20-21,24-25,27-28,30-34,36-37,39-45H2,1-3H3,(H,55,56)/b10-7-,19-16-,23-22-,29-26-,38-35-. The summed E-state index contributed by atoms with van der Waals surface area (Å²) in [5.74, 6) is -1.62. The highest BCUT2D eigenvalue weighted by Gasteiger charge is 2.28. The van der Waals surface area contributed by atoms with Crippen LogP contribution in [0, 0.1) is 0 Å². The molecule has 0 heterocycles. The van der Waals surface area contributed by atoms with Crippen LogP contribution in [-0.2, 0) is 42.2 Å². The predicted octanol–water partition coefficient (Wildman–Crippen LogP) is 13.2. The smallest absolute Gasteiger partial charge is 0.462 e. The zero-order valence-corrected chi connectivity index (χ0v) is 40.0. The maximum atomic E-state index is 12.8. The molecule has 0 aromatic rings. The maximum Gasteiger partial charge on any atom is 0.472 e. The van der Waals surface area contributed by atoms with Gasteiger partial charge < -0.3 is 24.2 Å². The van der Waals surface area contributed by atoms with Crippen molar-refractivity contribution in [2.24, 2.45) is 0 Å². The fourth-order valence-electron chi connectivity index (χ4n) is 6.31. The lowest BCUT2D eigenvalue weighted by Gasteiger charge is -2.21. The highest BCUT2D eigenvalue weighted by Crippen LogP contribution is 2.43. The van der Waals surface area contributed by atoms with Gasteiger partial charge in [-0.2, -0.15) is 0 Å². The Morgan fingerprint density at radius 3 is 1.27 bits per heavy atom.